The number of benzene rings is 2. The van der Waals surface area contributed by atoms with E-state index in [0.717, 1.165) is 0 Å². The van der Waals surface area contributed by atoms with Gasteiger partial charge in [0.15, 0.2) is 23.9 Å². The Bertz CT molecular complexity index is 935. The second-order valence-corrected chi connectivity index (χ2v) is 5.53. The molecule has 0 amide bonds. The normalized spacial score (nSPS) is 12.7. The van der Waals surface area contributed by atoms with E-state index in [2.05, 4.69) is 4.98 Å². The Hall–Kier alpha value is -3.35. The summed E-state index contributed by atoms with van der Waals surface area (Å²) in [6, 6.07) is 10.9. The minimum atomic E-state index is -0.561. The molecule has 3 aromatic rings. The molecule has 2 aromatic carbocycles. The Labute approximate surface area is 148 Å². The molecule has 0 aliphatic carbocycles. The Morgan fingerprint density at radius 2 is 1.92 bits per heavy atom. The van der Waals surface area contributed by atoms with Crippen molar-refractivity contribution < 1.29 is 27.8 Å². The van der Waals surface area contributed by atoms with Crippen LogP contribution in [0.1, 0.15) is 16.2 Å². The van der Waals surface area contributed by atoms with Crippen molar-refractivity contribution in [3.05, 3.63) is 65.9 Å². The summed E-state index contributed by atoms with van der Waals surface area (Å²) >= 11 is 0. The molecule has 0 radical (unpaired) electrons. The van der Waals surface area contributed by atoms with Crippen LogP contribution < -0.4 is 9.47 Å². The summed E-state index contributed by atoms with van der Waals surface area (Å²) in [6.07, 6.45) is 1.50. The molecule has 26 heavy (non-hydrogen) atoms. The maximum absolute atomic E-state index is 13.0. The Morgan fingerprint density at radius 3 is 2.77 bits per heavy atom. The van der Waals surface area contributed by atoms with Gasteiger partial charge in [-0.2, -0.15) is 0 Å². The van der Waals surface area contributed by atoms with Crippen LogP contribution in [0.2, 0.25) is 0 Å². The largest absolute Gasteiger partial charge is 0.486 e. The molecule has 0 fully saturated rings. The number of fused-ring (bicyclic) bond motifs is 1. The molecule has 0 unspecified atom stereocenters. The molecule has 7 heteroatoms. The quantitative estimate of drug-likeness (QED) is 0.666. The third kappa shape index (κ3) is 3.23. The van der Waals surface area contributed by atoms with Crippen molar-refractivity contribution in [1.82, 2.24) is 4.98 Å². The molecule has 6 nitrogen and oxygen atoms in total. The number of nitrogens with zero attached hydrogens (tertiary/aromatic N) is 1. The van der Waals surface area contributed by atoms with Gasteiger partial charge in [0.2, 0.25) is 5.89 Å². The van der Waals surface area contributed by atoms with Crippen LogP contribution in [0.25, 0.3) is 11.3 Å². The van der Waals surface area contributed by atoms with E-state index in [4.69, 9.17) is 18.6 Å². The zero-order valence-electron chi connectivity index (χ0n) is 13.6. The lowest BCUT2D eigenvalue weighted by atomic mass is 10.2. The lowest BCUT2D eigenvalue weighted by Crippen LogP contribution is -2.18. The molecule has 1 aromatic heterocycles. The lowest BCUT2D eigenvalue weighted by Gasteiger charge is -2.20. The van der Waals surface area contributed by atoms with Crippen molar-refractivity contribution in [3.8, 4) is 22.8 Å². The molecule has 0 bridgehead atoms. The van der Waals surface area contributed by atoms with Crippen molar-refractivity contribution in [1.29, 1.82) is 0 Å². The molecule has 0 N–H and O–H groups in total. The highest BCUT2D eigenvalue weighted by molar-refractivity contribution is 5.93. The third-order valence-electron chi connectivity index (χ3n) is 3.80. The first-order valence-electron chi connectivity index (χ1n) is 7.97. The third-order valence-corrected chi connectivity index (χ3v) is 3.80. The van der Waals surface area contributed by atoms with E-state index in [9.17, 15) is 9.18 Å². The van der Waals surface area contributed by atoms with Crippen molar-refractivity contribution in [2.24, 2.45) is 0 Å². The maximum Gasteiger partial charge on any atom is 0.342 e. The van der Waals surface area contributed by atoms with E-state index in [0.29, 0.717) is 36.0 Å². The number of rotatable bonds is 4. The van der Waals surface area contributed by atoms with Gasteiger partial charge < -0.3 is 18.6 Å². The van der Waals surface area contributed by atoms with Gasteiger partial charge in [-0.15, -0.1) is 0 Å². The fraction of sp³-hybridized carbons (Fsp3) is 0.158. The number of para-hydroxylation sites is 1. The predicted molar refractivity (Wildman–Crippen MR) is 88.4 cm³/mol. The van der Waals surface area contributed by atoms with Gasteiger partial charge in [-0.3, -0.25) is 0 Å². The van der Waals surface area contributed by atoms with Crippen LogP contribution in [-0.2, 0) is 11.3 Å². The average molecular weight is 355 g/mol. The van der Waals surface area contributed by atoms with Gasteiger partial charge in [-0.1, -0.05) is 6.07 Å². The molecule has 2 heterocycles. The van der Waals surface area contributed by atoms with Crippen LogP contribution >= 0.6 is 0 Å². The van der Waals surface area contributed by atoms with E-state index in [1.54, 1.807) is 30.3 Å². The van der Waals surface area contributed by atoms with Crippen molar-refractivity contribution >= 4 is 5.97 Å². The molecular weight excluding hydrogens is 341 g/mol. The molecule has 0 atom stereocenters. The number of oxazole rings is 1. The van der Waals surface area contributed by atoms with E-state index in [1.807, 2.05) is 0 Å². The van der Waals surface area contributed by atoms with E-state index in [1.165, 1.54) is 18.3 Å². The summed E-state index contributed by atoms with van der Waals surface area (Å²) < 4.78 is 34.7. The van der Waals surface area contributed by atoms with Crippen molar-refractivity contribution in [2.75, 3.05) is 13.2 Å². The highest BCUT2D eigenvalue weighted by atomic mass is 19.1. The maximum atomic E-state index is 13.0. The Kier molecular flexibility index (Phi) is 4.27. The number of esters is 1. The van der Waals surface area contributed by atoms with Crippen LogP contribution in [0.15, 0.2) is 53.1 Å². The predicted octanol–water partition coefficient (Wildman–Crippen LogP) is 3.61. The summed E-state index contributed by atoms with van der Waals surface area (Å²) in [4.78, 5) is 16.4. The summed E-state index contributed by atoms with van der Waals surface area (Å²) in [5, 5.41) is 0. The zero-order valence-corrected chi connectivity index (χ0v) is 13.6. The summed E-state index contributed by atoms with van der Waals surface area (Å²) in [7, 11) is 0. The number of ether oxygens (including phenoxy) is 3. The fourth-order valence-electron chi connectivity index (χ4n) is 2.56. The number of hydrogen-bond acceptors (Lipinski definition) is 6. The standard InChI is InChI=1S/C19H14FNO5/c20-13-6-4-12(5-7-13)16-10-21-17(26-16)11-25-19(22)14-2-1-3-15-18(14)24-9-8-23-15/h1-7,10H,8-9,11H2. The first kappa shape index (κ1) is 16.1. The van der Waals surface area contributed by atoms with Gasteiger partial charge in [-0.05, 0) is 36.4 Å². The highest BCUT2D eigenvalue weighted by Gasteiger charge is 2.22. The van der Waals surface area contributed by atoms with E-state index >= 15 is 0 Å². The Morgan fingerprint density at radius 1 is 1.12 bits per heavy atom. The number of carbonyl (C=O) groups excluding carboxylic acids is 1. The highest BCUT2D eigenvalue weighted by Crippen LogP contribution is 2.34. The monoisotopic (exact) mass is 355 g/mol. The second-order valence-electron chi connectivity index (χ2n) is 5.53. The summed E-state index contributed by atoms with van der Waals surface area (Å²) in [5.74, 6) is 0.696. The van der Waals surface area contributed by atoms with Crippen LogP contribution in [-0.4, -0.2) is 24.2 Å². The molecule has 0 saturated carbocycles. The number of halogens is 1. The average Bonchev–Trinajstić information content (AvgIpc) is 3.15. The topological polar surface area (TPSA) is 70.8 Å². The zero-order chi connectivity index (χ0) is 17.9. The SMILES string of the molecule is O=C(OCc1ncc(-c2ccc(F)cc2)o1)c1cccc2c1OCCO2. The van der Waals surface area contributed by atoms with Crippen molar-refractivity contribution in [2.45, 2.75) is 6.61 Å². The summed E-state index contributed by atoms with van der Waals surface area (Å²) in [5.41, 5.74) is 0.965. The lowest BCUT2D eigenvalue weighted by molar-refractivity contribution is 0.0429. The molecular formula is C19H14FNO5. The smallest absolute Gasteiger partial charge is 0.342 e. The van der Waals surface area contributed by atoms with E-state index < -0.39 is 5.97 Å². The first-order chi connectivity index (χ1) is 12.7. The number of hydrogen-bond donors (Lipinski definition) is 0. The van der Waals surface area contributed by atoms with Gasteiger partial charge >= 0.3 is 5.97 Å². The molecule has 0 saturated heterocycles. The van der Waals surface area contributed by atoms with Crippen molar-refractivity contribution in [3.63, 3.8) is 0 Å². The number of carbonyl (C=O) groups is 1. The fourth-order valence-corrected chi connectivity index (χ4v) is 2.56. The first-order valence-corrected chi connectivity index (χ1v) is 7.97. The molecule has 4 rings (SSSR count). The molecule has 132 valence electrons. The van der Waals surface area contributed by atoms with Gasteiger partial charge in [0.1, 0.15) is 24.6 Å². The minimum Gasteiger partial charge on any atom is -0.486 e. The van der Waals surface area contributed by atoms with Crippen LogP contribution in [0.5, 0.6) is 11.5 Å². The second kappa shape index (κ2) is 6.87. The van der Waals surface area contributed by atoms with E-state index in [-0.39, 0.29) is 23.9 Å². The molecule has 1 aliphatic heterocycles. The van der Waals surface area contributed by atoms with Crippen LogP contribution in [0.3, 0.4) is 0 Å². The van der Waals surface area contributed by atoms with Gasteiger partial charge in [0, 0.05) is 5.56 Å². The van der Waals surface area contributed by atoms with Crippen LogP contribution in [0.4, 0.5) is 4.39 Å². The number of aromatic nitrogens is 1. The van der Waals surface area contributed by atoms with Gasteiger partial charge in [-0.25, -0.2) is 14.2 Å². The Balaban J connectivity index is 1.45. The molecule has 1 aliphatic rings. The van der Waals surface area contributed by atoms with Crippen LogP contribution in [0, 0.1) is 5.82 Å². The van der Waals surface area contributed by atoms with Gasteiger partial charge in [0.05, 0.1) is 6.20 Å². The minimum absolute atomic E-state index is 0.134. The summed E-state index contributed by atoms with van der Waals surface area (Å²) in [6.45, 7) is 0.677. The van der Waals surface area contributed by atoms with Gasteiger partial charge in [0.25, 0.3) is 0 Å². The molecule has 0 spiro atoms.